The van der Waals surface area contributed by atoms with E-state index < -0.39 is 10.8 Å². The van der Waals surface area contributed by atoms with Crippen molar-refractivity contribution in [2.24, 2.45) is 0 Å². The number of hydrogen-bond acceptors (Lipinski definition) is 3. The molecule has 0 spiro atoms. The Bertz CT molecular complexity index is 391. The number of hydrogen-bond donors (Lipinski definition) is 1. The number of aliphatic hydroxyl groups is 1. The molecule has 1 aromatic carbocycles. The molecule has 1 unspecified atom stereocenters. The first-order chi connectivity index (χ1) is 8.67. The van der Waals surface area contributed by atoms with Crippen LogP contribution in [0, 0.1) is 6.92 Å². The van der Waals surface area contributed by atoms with Crippen LogP contribution < -0.4 is 4.74 Å². The summed E-state index contributed by atoms with van der Waals surface area (Å²) in [4.78, 5) is 0. The van der Waals surface area contributed by atoms with Crippen LogP contribution in [0.15, 0.2) is 18.2 Å². The minimum atomic E-state index is -0.856. The first-order valence-electron chi connectivity index (χ1n) is 6.26. The molecule has 0 amide bonds. The molecule has 0 aliphatic carbocycles. The molecule has 1 N–H and O–H groups in total. The molecule has 1 atom stereocenters. The maximum absolute atomic E-state index is 11.9. The Hall–Kier alpha value is -0.870. The number of aliphatic hydroxyl groups excluding tert-OH is 1. The SMILES string of the molecule is COc1ccc(C)cc1CS(=O)CCCCCO. The van der Waals surface area contributed by atoms with Crippen molar-refractivity contribution in [1.82, 2.24) is 0 Å². The third kappa shape index (κ3) is 5.19. The van der Waals surface area contributed by atoms with Crippen molar-refractivity contribution in [3.8, 4) is 5.75 Å². The number of ether oxygens (including phenoxy) is 1. The second-order valence-corrected chi connectivity index (χ2v) is 5.96. The predicted octanol–water partition coefficient (Wildman–Crippen LogP) is 2.41. The second kappa shape index (κ2) is 8.27. The molecule has 0 aliphatic heterocycles. The Kier molecular flexibility index (Phi) is 6.98. The van der Waals surface area contributed by atoms with Gasteiger partial charge >= 0.3 is 0 Å². The molecule has 1 aromatic rings. The molecule has 0 saturated heterocycles. The van der Waals surface area contributed by atoms with Gasteiger partial charge < -0.3 is 9.84 Å². The highest BCUT2D eigenvalue weighted by molar-refractivity contribution is 7.84. The number of unbranched alkanes of at least 4 members (excludes halogenated alkanes) is 2. The summed E-state index contributed by atoms with van der Waals surface area (Å²) in [7, 11) is 0.781. The fraction of sp³-hybridized carbons (Fsp3) is 0.571. The summed E-state index contributed by atoms with van der Waals surface area (Å²) in [5.74, 6) is 2.05. The molecular formula is C14H22O3S. The molecule has 1 rings (SSSR count). The first-order valence-corrected chi connectivity index (χ1v) is 7.75. The highest BCUT2D eigenvalue weighted by atomic mass is 32.2. The van der Waals surface area contributed by atoms with Crippen LogP contribution >= 0.6 is 0 Å². The van der Waals surface area contributed by atoms with Crippen LogP contribution in [-0.2, 0) is 16.6 Å². The molecule has 3 nitrogen and oxygen atoms in total. The lowest BCUT2D eigenvalue weighted by Gasteiger charge is -2.09. The maximum Gasteiger partial charge on any atom is 0.123 e. The topological polar surface area (TPSA) is 46.5 Å². The summed E-state index contributed by atoms with van der Waals surface area (Å²) >= 11 is 0. The average Bonchev–Trinajstić information content (AvgIpc) is 2.35. The van der Waals surface area contributed by atoms with Gasteiger partial charge in [-0.1, -0.05) is 24.1 Å². The minimum Gasteiger partial charge on any atom is -0.496 e. The van der Waals surface area contributed by atoms with E-state index in [9.17, 15) is 4.21 Å². The number of methoxy groups -OCH3 is 1. The van der Waals surface area contributed by atoms with E-state index in [1.165, 1.54) is 0 Å². The molecule has 0 aliphatic rings. The third-order valence-electron chi connectivity index (χ3n) is 2.78. The standard InChI is InChI=1S/C14H22O3S/c1-12-6-7-14(17-2)13(10-12)11-18(16)9-5-3-4-8-15/h6-7,10,15H,3-5,8-9,11H2,1-2H3. The molecule has 18 heavy (non-hydrogen) atoms. The molecular weight excluding hydrogens is 248 g/mol. The van der Waals surface area contributed by atoms with E-state index in [-0.39, 0.29) is 6.61 Å². The monoisotopic (exact) mass is 270 g/mol. The van der Waals surface area contributed by atoms with Crippen molar-refractivity contribution >= 4 is 10.8 Å². The van der Waals surface area contributed by atoms with Gasteiger partial charge in [0.15, 0.2) is 0 Å². The van der Waals surface area contributed by atoms with E-state index >= 15 is 0 Å². The van der Waals surface area contributed by atoms with Crippen LogP contribution in [0.2, 0.25) is 0 Å². The van der Waals surface area contributed by atoms with Gasteiger partial charge in [-0.2, -0.15) is 0 Å². The lowest BCUT2D eigenvalue weighted by Crippen LogP contribution is -2.03. The lowest BCUT2D eigenvalue weighted by molar-refractivity contribution is 0.284. The summed E-state index contributed by atoms with van der Waals surface area (Å²) in [5.41, 5.74) is 2.17. The van der Waals surface area contributed by atoms with Crippen LogP contribution in [0.1, 0.15) is 30.4 Å². The third-order valence-corrected chi connectivity index (χ3v) is 4.16. The fourth-order valence-corrected chi connectivity index (χ4v) is 3.06. The highest BCUT2D eigenvalue weighted by Gasteiger charge is 2.07. The van der Waals surface area contributed by atoms with E-state index in [1.807, 2.05) is 25.1 Å². The van der Waals surface area contributed by atoms with E-state index in [0.29, 0.717) is 11.5 Å². The van der Waals surface area contributed by atoms with Crippen molar-refractivity contribution < 1.29 is 14.1 Å². The van der Waals surface area contributed by atoms with Crippen molar-refractivity contribution in [2.45, 2.75) is 31.9 Å². The molecule has 0 fully saturated rings. The number of benzene rings is 1. The van der Waals surface area contributed by atoms with Crippen LogP contribution in [0.5, 0.6) is 5.75 Å². The van der Waals surface area contributed by atoms with Gasteiger partial charge in [0.25, 0.3) is 0 Å². The molecule has 4 heteroatoms. The summed E-state index contributed by atoms with van der Waals surface area (Å²) in [5, 5.41) is 8.67. The van der Waals surface area contributed by atoms with Gasteiger partial charge in [-0.3, -0.25) is 4.21 Å². The Morgan fingerprint density at radius 1 is 1.28 bits per heavy atom. The summed E-state index contributed by atoms with van der Waals surface area (Å²) in [6, 6.07) is 5.95. The molecule has 0 heterocycles. The Balaban J connectivity index is 2.50. The maximum atomic E-state index is 11.9. The van der Waals surface area contributed by atoms with Crippen LogP contribution in [0.3, 0.4) is 0 Å². The van der Waals surface area contributed by atoms with Crippen LogP contribution in [0.4, 0.5) is 0 Å². The summed E-state index contributed by atoms with van der Waals surface area (Å²) < 4.78 is 17.2. The summed E-state index contributed by atoms with van der Waals surface area (Å²) in [6.45, 7) is 2.24. The van der Waals surface area contributed by atoms with Gasteiger partial charge in [0.05, 0.1) is 12.9 Å². The Morgan fingerprint density at radius 2 is 2.06 bits per heavy atom. The molecule has 0 saturated carbocycles. The Morgan fingerprint density at radius 3 is 2.72 bits per heavy atom. The average molecular weight is 270 g/mol. The zero-order valence-electron chi connectivity index (χ0n) is 11.1. The predicted molar refractivity (Wildman–Crippen MR) is 75.4 cm³/mol. The number of rotatable bonds is 8. The van der Waals surface area contributed by atoms with Crippen molar-refractivity contribution in [1.29, 1.82) is 0 Å². The van der Waals surface area contributed by atoms with Crippen molar-refractivity contribution in [2.75, 3.05) is 19.5 Å². The van der Waals surface area contributed by atoms with Crippen LogP contribution in [0.25, 0.3) is 0 Å². The largest absolute Gasteiger partial charge is 0.496 e. The quantitative estimate of drug-likeness (QED) is 0.738. The van der Waals surface area contributed by atoms with Gasteiger partial charge in [0.1, 0.15) is 5.75 Å². The van der Waals surface area contributed by atoms with Gasteiger partial charge in [-0.25, -0.2) is 0 Å². The first kappa shape index (κ1) is 15.2. The summed E-state index contributed by atoms with van der Waals surface area (Å²) in [6.07, 6.45) is 2.64. The Labute approximate surface area is 112 Å². The normalized spacial score (nSPS) is 12.4. The second-order valence-electron chi connectivity index (χ2n) is 4.39. The molecule has 0 bridgehead atoms. The molecule has 102 valence electrons. The van der Waals surface area contributed by atoms with Gasteiger partial charge in [0, 0.05) is 28.7 Å². The van der Waals surface area contributed by atoms with Gasteiger partial charge in [-0.15, -0.1) is 0 Å². The van der Waals surface area contributed by atoms with Crippen molar-refractivity contribution in [3.05, 3.63) is 29.3 Å². The van der Waals surface area contributed by atoms with Crippen molar-refractivity contribution in [3.63, 3.8) is 0 Å². The zero-order chi connectivity index (χ0) is 13.4. The minimum absolute atomic E-state index is 0.221. The highest BCUT2D eigenvalue weighted by Crippen LogP contribution is 2.21. The van der Waals surface area contributed by atoms with E-state index in [2.05, 4.69) is 0 Å². The molecule has 0 aromatic heterocycles. The lowest BCUT2D eigenvalue weighted by atomic mass is 10.1. The number of aryl methyl sites for hydroxylation is 1. The van der Waals surface area contributed by atoms with Gasteiger partial charge in [-0.05, 0) is 25.8 Å². The zero-order valence-corrected chi connectivity index (χ0v) is 12.0. The smallest absolute Gasteiger partial charge is 0.123 e. The van der Waals surface area contributed by atoms with E-state index in [4.69, 9.17) is 9.84 Å². The van der Waals surface area contributed by atoms with Gasteiger partial charge in [0.2, 0.25) is 0 Å². The van der Waals surface area contributed by atoms with E-state index in [0.717, 1.165) is 36.1 Å². The van der Waals surface area contributed by atoms with E-state index in [1.54, 1.807) is 7.11 Å². The van der Waals surface area contributed by atoms with Crippen LogP contribution in [-0.4, -0.2) is 28.8 Å². The fourth-order valence-electron chi connectivity index (χ4n) is 1.82. The molecule has 0 radical (unpaired) electrons.